The second-order valence-corrected chi connectivity index (χ2v) is 8.73. The van der Waals surface area contributed by atoms with Crippen molar-refractivity contribution in [2.45, 2.75) is 44.6 Å². The Morgan fingerprint density at radius 3 is 2.84 bits per heavy atom. The summed E-state index contributed by atoms with van der Waals surface area (Å²) < 4.78 is 29.3. The van der Waals surface area contributed by atoms with Gasteiger partial charge in [-0.25, -0.2) is 13.4 Å². The van der Waals surface area contributed by atoms with E-state index in [0.717, 1.165) is 48.2 Å². The number of nitrogens with zero attached hydrogens (tertiary/aromatic N) is 5. The molecule has 0 amide bonds. The predicted octanol–water partition coefficient (Wildman–Crippen LogP) is 2.27. The van der Waals surface area contributed by atoms with Crippen LogP contribution in [0.2, 0.25) is 0 Å². The summed E-state index contributed by atoms with van der Waals surface area (Å²) in [5, 5.41) is 4.65. The maximum absolute atomic E-state index is 12.8. The second kappa shape index (κ2) is 5.66. The van der Waals surface area contributed by atoms with Crippen molar-refractivity contribution in [3.63, 3.8) is 0 Å². The third-order valence-electron chi connectivity index (χ3n) is 4.85. The summed E-state index contributed by atoms with van der Waals surface area (Å²) in [5.41, 5.74) is 3.84. The van der Waals surface area contributed by atoms with Crippen molar-refractivity contribution in [1.29, 1.82) is 0 Å². The van der Waals surface area contributed by atoms with Gasteiger partial charge in [0.1, 0.15) is 10.6 Å². The number of aryl methyl sites for hydroxylation is 3. The van der Waals surface area contributed by atoms with Gasteiger partial charge in [0, 0.05) is 19.3 Å². The average molecular weight is 359 g/mol. The lowest BCUT2D eigenvalue weighted by molar-refractivity contribution is 0.481. The molecule has 8 heteroatoms. The Hall–Kier alpha value is -2.22. The minimum Gasteiger partial charge on any atom is -0.324 e. The number of hydrogen-bond acceptors (Lipinski definition) is 5. The number of imidazole rings is 1. The van der Waals surface area contributed by atoms with Crippen molar-refractivity contribution in [2.24, 2.45) is 7.05 Å². The van der Waals surface area contributed by atoms with Gasteiger partial charge in [-0.05, 0) is 32.3 Å². The van der Waals surface area contributed by atoms with Crippen molar-refractivity contribution in [3.05, 3.63) is 23.7 Å². The van der Waals surface area contributed by atoms with Crippen molar-refractivity contribution in [2.75, 3.05) is 5.75 Å². The Kier molecular flexibility index (Phi) is 3.68. The normalized spacial score (nSPS) is 14.8. The molecule has 0 radical (unpaired) electrons. The molecule has 0 aromatic carbocycles. The molecule has 0 unspecified atom stereocenters. The number of aromatic nitrogens is 5. The van der Waals surface area contributed by atoms with E-state index in [2.05, 4.69) is 15.1 Å². The van der Waals surface area contributed by atoms with Crippen LogP contribution in [-0.4, -0.2) is 38.5 Å². The molecule has 0 fully saturated rings. The lowest BCUT2D eigenvalue weighted by Crippen LogP contribution is -2.14. The quantitative estimate of drug-likeness (QED) is 0.716. The molecule has 0 saturated carbocycles. The molecule has 4 heterocycles. The summed E-state index contributed by atoms with van der Waals surface area (Å²) in [6.45, 7) is 4.34. The maximum atomic E-state index is 12.8. The largest absolute Gasteiger partial charge is 0.324 e. The summed E-state index contributed by atoms with van der Waals surface area (Å²) in [6, 6.07) is 1.91. The molecule has 25 heavy (non-hydrogen) atoms. The van der Waals surface area contributed by atoms with Crippen molar-refractivity contribution in [1.82, 2.24) is 24.3 Å². The van der Waals surface area contributed by atoms with E-state index in [1.807, 2.05) is 29.3 Å². The lowest BCUT2D eigenvalue weighted by Gasteiger charge is -2.14. The van der Waals surface area contributed by atoms with Gasteiger partial charge in [0.25, 0.3) is 0 Å². The minimum absolute atomic E-state index is 0.0588. The molecular formula is C17H21N5O2S. The average Bonchev–Trinajstić information content (AvgIpc) is 3.13. The summed E-state index contributed by atoms with van der Waals surface area (Å²) >= 11 is 0. The Morgan fingerprint density at radius 1 is 1.28 bits per heavy atom. The fraction of sp³-hybridized carbons (Fsp3) is 0.471. The molecule has 0 N–H and O–H groups in total. The first-order chi connectivity index (χ1) is 11.9. The SMILES string of the molecule is CCS(=O)(=O)c1c(-c2nc3cc(C)ncc3n2C)nn2c1CCCC2. The molecule has 0 atom stereocenters. The lowest BCUT2D eigenvalue weighted by atomic mass is 10.1. The zero-order chi connectivity index (χ0) is 17.8. The van der Waals surface area contributed by atoms with Crippen LogP contribution in [0, 0.1) is 6.92 Å². The van der Waals surface area contributed by atoms with E-state index < -0.39 is 9.84 Å². The summed E-state index contributed by atoms with van der Waals surface area (Å²) in [6.07, 6.45) is 4.52. The Morgan fingerprint density at radius 2 is 2.08 bits per heavy atom. The molecule has 4 rings (SSSR count). The van der Waals surface area contributed by atoms with Crippen LogP contribution in [-0.2, 0) is 29.9 Å². The van der Waals surface area contributed by atoms with Crippen LogP contribution in [0.4, 0.5) is 0 Å². The minimum atomic E-state index is -3.39. The molecule has 1 aliphatic heterocycles. The van der Waals surface area contributed by atoms with E-state index in [9.17, 15) is 8.42 Å². The highest BCUT2D eigenvalue weighted by Gasteiger charge is 2.31. The van der Waals surface area contributed by atoms with Gasteiger partial charge < -0.3 is 4.57 Å². The van der Waals surface area contributed by atoms with E-state index in [1.165, 1.54) is 0 Å². The summed E-state index contributed by atoms with van der Waals surface area (Å²) in [5.74, 6) is 0.639. The summed E-state index contributed by atoms with van der Waals surface area (Å²) in [7, 11) is -1.51. The van der Waals surface area contributed by atoms with Crippen LogP contribution in [0.3, 0.4) is 0 Å². The first-order valence-corrected chi connectivity index (χ1v) is 10.2. The molecule has 132 valence electrons. The van der Waals surface area contributed by atoms with Crippen LogP contribution in [0.5, 0.6) is 0 Å². The summed E-state index contributed by atoms with van der Waals surface area (Å²) in [4.78, 5) is 9.36. The van der Waals surface area contributed by atoms with E-state index in [1.54, 1.807) is 13.1 Å². The zero-order valence-electron chi connectivity index (χ0n) is 14.7. The third-order valence-corrected chi connectivity index (χ3v) is 6.66. The van der Waals surface area contributed by atoms with Crippen LogP contribution in [0.1, 0.15) is 31.2 Å². The molecule has 1 aliphatic rings. The molecule has 0 spiro atoms. The fourth-order valence-corrected chi connectivity index (χ4v) is 4.76. The number of sulfone groups is 1. The van der Waals surface area contributed by atoms with Crippen LogP contribution in [0.15, 0.2) is 17.2 Å². The predicted molar refractivity (Wildman–Crippen MR) is 95.1 cm³/mol. The second-order valence-electron chi connectivity index (χ2n) is 6.52. The smallest absolute Gasteiger partial charge is 0.182 e. The highest BCUT2D eigenvalue weighted by atomic mass is 32.2. The van der Waals surface area contributed by atoms with Gasteiger partial charge in [0.05, 0.1) is 28.7 Å². The van der Waals surface area contributed by atoms with Crippen LogP contribution < -0.4 is 0 Å². The van der Waals surface area contributed by atoms with Gasteiger partial charge in [-0.2, -0.15) is 5.10 Å². The molecule has 0 saturated heterocycles. The molecule has 3 aromatic heterocycles. The van der Waals surface area contributed by atoms with E-state index >= 15 is 0 Å². The number of rotatable bonds is 3. The zero-order valence-corrected chi connectivity index (χ0v) is 15.5. The number of fused-ring (bicyclic) bond motifs is 2. The first kappa shape index (κ1) is 16.3. The highest BCUT2D eigenvalue weighted by Crippen LogP contribution is 2.34. The number of hydrogen-bond donors (Lipinski definition) is 0. The standard InChI is InChI=1S/C17H21N5O2S/c1-4-25(23,24)16-13-7-5-6-8-22(13)20-15(16)17-19-12-9-11(2)18-10-14(12)21(17)3/h9-10H,4-8H2,1-3H3. The molecule has 0 bridgehead atoms. The molecule has 7 nitrogen and oxygen atoms in total. The van der Waals surface area contributed by atoms with Crippen molar-refractivity contribution >= 4 is 20.9 Å². The monoisotopic (exact) mass is 359 g/mol. The van der Waals surface area contributed by atoms with Crippen molar-refractivity contribution < 1.29 is 8.42 Å². The molecule has 0 aliphatic carbocycles. The Labute approximate surface area is 146 Å². The van der Waals surface area contributed by atoms with Gasteiger partial charge in [-0.15, -0.1) is 0 Å². The number of pyridine rings is 1. The Balaban J connectivity index is 2.03. The van der Waals surface area contributed by atoms with E-state index in [-0.39, 0.29) is 5.75 Å². The fourth-order valence-electron chi connectivity index (χ4n) is 3.48. The van der Waals surface area contributed by atoms with Crippen LogP contribution >= 0.6 is 0 Å². The van der Waals surface area contributed by atoms with Gasteiger partial charge >= 0.3 is 0 Å². The van der Waals surface area contributed by atoms with Crippen LogP contribution in [0.25, 0.3) is 22.6 Å². The van der Waals surface area contributed by atoms with E-state index in [4.69, 9.17) is 0 Å². The van der Waals surface area contributed by atoms with Crippen molar-refractivity contribution in [3.8, 4) is 11.5 Å². The highest BCUT2D eigenvalue weighted by molar-refractivity contribution is 7.91. The van der Waals surface area contributed by atoms with Gasteiger partial charge in [-0.1, -0.05) is 6.92 Å². The van der Waals surface area contributed by atoms with Gasteiger partial charge in [-0.3, -0.25) is 9.67 Å². The maximum Gasteiger partial charge on any atom is 0.182 e. The van der Waals surface area contributed by atoms with Gasteiger partial charge in [0.2, 0.25) is 0 Å². The first-order valence-electron chi connectivity index (χ1n) is 8.54. The van der Waals surface area contributed by atoms with E-state index in [0.29, 0.717) is 16.4 Å². The third kappa shape index (κ3) is 2.47. The molecule has 3 aromatic rings. The topological polar surface area (TPSA) is 82.7 Å². The van der Waals surface area contributed by atoms with Gasteiger partial charge in [0.15, 0.2) is 15.7 Å². The molecular weight excluding hydrogens is 338 g/mol. The Bertz CT molecular complexity index is 1080.